The summed E-state index contributed by atoms with van der Waals surface area (Å²) in [7, 11) is 0. The molecular weight excluding hydrogens is 392 g/mol. The van der Waals surface area contributed by atoms with Gasteiger partial charge in [-0.25, -0.2) is 4.79 Å². The molecule has 0 unspecified atom stereocenters. The highest BCUT2D eigenvalue weighted by atomic mass is 16.5. The summed E-state index contributed by atoms with van der Waals surface area (Å²) in [5.74, 6) is 1.15. The molecule has 0 aliphatic carbocycles. The predicted molar refractivity (Wildman–Crippen MR) is 127 cm³/mol. The maximum atomic E-state index is 12.7. The van der Waals surface area contributed by atoms with Gasteiger partial charge < -0.3 is 18.6 Å². The van der Waals surface area contributed by atoms with Crippen LogP contribution in [0.4, 0.5) is 0 Å². The third-order valence-corrected chi connectivity index (χ3v) is 4.82. The molecule has 0 saturated heterocycles. The van der Waals surface area contributed by atoms with Crippen molar-refractivity contribution in [3.63, 3.8) is 0 Å². The van der Waals surface area contributed by atoms with Crippen molar-refractivity contribution in [2.45, 2.75) is 105 Å². The molecule has 0 bridgehead atoms. The molecular formula is C26H40O5. The van der Waals surface area contributed by atoms with Gasteiger partial charge in [0.2, 0.25) is 5.75 Å². The topological polar surface area (TPSA) is 57.9 Å². The third kappa shape index (κ3) is 8.12. The van der Waals surface area contributed by atoms with E-state index in [1.165, 1.54) is 38.5 Å². The van der Waals surface area contributed by atoms with E-state index in [2.05, 4.69) is 6.92 Å². The maximum absolute atomic E-state index is 12.7. The minimum atomic E-state index is -0.518. The van der Waals surface area contributed by atoms with Crippen LogP contribution in [-0.4, -0.2) is 18.3 Å². The van der Waals surface area contributed by atoms with Crippen molar-refractivity contribution in [3.8, 4) is 17.2 Å². The monoisotopic (exact) mass is 432 g/mol. The van der Waals surface area contributed by atoms with Gasteiger partial charge in [0.05, 0.1) is 12.7 Å². The van der Waals surface area contributed by atoms with Crippen molar-refractivity contribution in [1.29, 1.82) is 0 Å². The zero-order valence-corrected chi connectivity index (χ0v) is 20.2. The van der Waals surface area contributed by atoms with Crippen LogP contribution in [0, 0.1) is 0 Å². The molecule has 0 spiro atoms. The highest BCUT2D eigenvalue weighted by Crippen LogP contribution is 2.40. The normalized spacial score (nSPS) is 11.8. The fraction of sp³-hybridized carbons (Fsp3) is 0.654. The van der Waals surface area contributed by atoms with Gasteiger partial charge in [-0.3, -0.25) is 0 Å². The summed E-state index contributed by atoms with van der Waals surface area (Å²) >= 11 is 0. The standard InChI is InChI=1S/C26H40O5/c1-7-8-9-10-11-12-13-14-18-28-24-23(29-19(2)3)22-20(30-25(24)27)16-15-17-21(22)31-26(4,5)6/h15-17,19H,7-14,18H2,1-6H3. The van der Waals surface area contributed by atoms with Gasteiger partial charge in [0.15, 0.2) is 5.75 Å². The van der Waals surface area contributed by atoms with Crippen molar-refractivity contribution < 1.29 is 18.6 Å². The van der Waals surface area contributed by atoms with E-state index in [-0.39, 0.29) is 11.9 Å². The molecule has 1 aromatic carbocycles. The molecule has 0 radical (unpaired) electrons. The summed E-state index contributed by atoms with van der Waals surface area (Å²) in [6, 6.07) is 5.43. The summed E-state index contributed by atoms with van der Waals surface area (Å²) < 4.78 is 23.7. The third-order valence-electron chi connectivity index (χ3n) is 4.82. The van der Waals surface area contributed by atoms with Crippen LogP contribution in [0.5, 0.6) is 17.2 Å². The van der Waals surface area contributed by atoms with Crippen LogP contribution in [-0.2, 0) is 0 Å². The van der Waals surface area contributed by atoms with Gasteiger partial charge >= 0.3 is 5.63 Å². The molecule has 0 aliphatic rings. The van der Waals surface area contributed by atoms with Crippen molar-refractivity contribution in [3.05, 3.63) is 28.6 Å². The second kappa shape index (κ2) is 12.0. The minimum absolute atomic E-state index is 0.127. The van der Waals surface area contributed by atoms with Crippen LogP contribution < -0.4 is 19.8 Å². The highest BCUT2D eigenvalue weighted by Gasteiger charge is 2.24. The zero-order chi connectivity index (χ0) is 22.9. The van der Waals surface area contributed by atoms with Crippen LogP contribution >= 0.6 is 0 Å². The number of ether oxygens (including phenoxy) is 3. The summed E-state index contributed by atoms with van der Waals surface area (Å²) in [4.78, 5) is 12.7. The Balaban J connectivity index is 2.18. The first-order chi connectivity index (χ1) is 14.7. The van der Waals surface area contributed by atoms with Crippen LogP contribution in [0.2, 0.25) is 0 Å². The number of rotatable bonds is 13. The molecule has 0 aliphatic heterocycles. The van der Waals surface area contributed by atoms with Gasteiger partial charge in [0, 0.05) is 0 Å². The second-order valence-corrected chi connectivity index (χ2v) is 9.38. The highest BCUT2D eigenvalue weighted by molar-refractivity contribution is 5.91. The summed E-state index contributed by atoms with van der Waals surface area (Å²) in [6.45, 7) is 12.5. The summed E-state index contributed by atoms with van der Waals surface area (Å²) in [6.07, 6.45) is 9.51. The Morgan fingerprint density at radius 3 is 2.19 bits per heavy atom. The van der Waals surface area contributed by atoms with Crippen molar-refractivity contribution in [2.75, 3.05) is 6.61 Å². The first kappa shape index (κ1) is 25.1. The van der Waals surface area contributed by atoms with E-state index < -0.39 is 11.2 Å². The number of fused-ring (bicyclic) bond motifs is 1. The lowest BCUT2D eigenvalue weighted by Crippen LogP contribution is -2.23. The number of hydrogen-bond acceptors (Lipinski definition) is 5. The second-order valence-electron chi connectivity index (χ2n) is 9.38. The van der Waals surface area contributed by atoms with Gasteiger partial charge in [0.1, 0.15) is 22.3 Å². The Morgan fingerprint density at radius 1 is 0.935 bits per heavy atom. The van der Waals surface area contributed by atoms with Crippen LogP contribution in [0.15, 0.2) is 27.4 Å². The predicted octanol–water partition coefficient (Wildman–Crippen LogP) is 7.28. The molecule has 5 heteroatoms. The quantitative estimate of drug-likeness (QED) is 0.246. The van der Waals surface area contributed by atoms with Gasteiger partial charge in [-0.1, -0.05) is 57.9 Å². The molecule has 1 heterocycles. The Kier molecular flexibility index (Phi) is 9.73. The number of hydrogen-bond donors (Lipinski definition) is 0. The van der Waals surface area contributed by atoms with E-state index in [9.17, 15) is 4.79 Å². The molecule has 0 amide bonds. The van der Waals surface area contributed by atoms with E-state index in [0.29, 0.717) is 29.1 Å². The average molecular weight is 433 g/mol. The summed E-state index contributed by atoms with van der Waals surface area (Å²) in [5.41, 5.74) is -0.491. The smallest absolute Gasteiger partial charge is 0.383 e. The zero-order valence-electron chi connectivity index (χ0n) is 20.2. The van der Waals surface area contributed by atoms with E-state index >= 15 is 0 Å². The SMILES string of the molecule is CCCCCCCCCCOc1c(OC(C)C)c2c(OC(C)(C)C)cccc2oc1=O. The van der Waals surface area contributed by atoms with Crippen LogP contribution in [0.1, 0.15) is 92.9 Å². The summed E-state index contributed by atoms with van der Waals surface area (Å²) in [5, 5.41) is 0.636. The van der Waals surface area contributed by atoms with Gasteiger partial charge in [-0.15, -0.1) is 0 Å². The first-order valence-corrected chi connectivity index (χ1v) is 11.8. The largest absolute Gasteiger partial charge is 0.487 e. The Labute approximate surface area is 187 Å². The molecule has 0 atom stereocenters. The average Bonchev–Trinajstić information content (AvgIpc) is 2.66. The van der Waals surface area contributed by atoms with Gasteiger partial charge in [-0.2, -0.15) is 0 Å². The number of unbranched alkanes of at least 4 members (excludes halogenated alkanes) is 7. The van der Waals surface area contributed by atoms with E-state index in [1.54, 1.807) is 6.07 Å². The molecule has 0 fully saturated rings. The van der Waals surface area contributed by atoms with E-state index in [0.717, 1.165) is 12.8 Å². The Morgan fingerprint density at radius 2 is 1.58 bits per heavy atom. The van der Waals surface area contributed by atoms with Crippen LogP contribution in [0.25, 0.3) is 11.0 Å². The first-order valence-electron chi connectivity index (χ1n) is 11.8. The van der Waals surface area contributed by atoms with Gasteiger partial charge in [0.25, 0.3) is 0 Å². The van der Waals surface area contributed by atoms with Crippen molar-refractivity contribution in [2.24, 2.45) is 0 Å². The molecule has 1 aromatic heterocycles. The fourth-order valence-electron chi connectivity index (χ4n) is 3.47. The molecule has 0 saturated carbocycles. The lowest BCUT2D eigenvalue weighted by Gasteiger charge is -2.24. The molecule has 31 heavy (non-hydrogen) atoms. The van der Waals surface area contributed by atoms with Gasteiger partial charge in [-0.05, 0) is 53.2 Å². The lowest BCUT2D eigenvalue weighted by atomic mass is 10.1. The van der Waals surface area contributed by atoms with E-state index in [1.807, 2.05) is 46.8 Å². The molecule has 2 aromatic rings. The Hall–Kier alpha value is -2.17. The van der Waals surface area contributed by atoms with E-state index in [4.69, 9.17) is 18.6 Å². The molecule has 5 nitrogen and oxygen atoms in total. The Bertz CT molecular complexity index is 860. The molecule has 0 N–H and O–H groups in total. The van der Waals surface area contributed by atoms with Crippen molar-refractivity contribution >= 4 is 11.0 Å². The fourth-order valence-corrected chi connectivity index (χ4v) is 3.47. The van der Waals surface area contributed by atoms with Crippen LogP contribution in [0.3, 0.4) is 0 Å². The minimum Gasteiger partial charge on any atom is -0.487 e. The lowest BCUT2D eigenvalue weighted by molar-refractivity contribution is 0.132. The molecule has 2 rings (SSSR count). The molecule has 174 valence electrons. The van der Waals surface area contributed by atoms with Crippen molar-refractivity contribution in [1.82, 2.24) is 0 Å². The number of benzene rings is 1. The maximum Gasteiger partial charge on any atom is 0.383 e.